The number of ether oxygens (including phenoxy) is 3. The molecule has 0 unspecified atom stereocenters. The fourth-order valence-corrected chi connectivity index (χ4v) is 1.16. The van der Waals surface area contributed by atoms with Crippen LogP contribution in [0.5, 0.6) is 5.88 Å². The largest absolute Gasteiger partial charge is 0.475 e. The highest BCUT2D eigenvalue weighted by Crippen LogP contribution is 2.13. The van der Waals surface area contributed by atoms with E-state index in [9.17, 15) is 0 Å². The number of hydrogen-bond acceptors (Lipinski definition) is 6. The summed E-state index contributed by atoms with van der Waals surface area (Å²) in [6.07, 6.45) is 0. The topological polar surface area (TPSA) is 65.5 Å². The molecule has 0 radical (unpaired) electrons. The van der Waals surface area contributed by atoms with Gasteiger partial charge in [-0.05, 0) is 6.92 Å². The first-order valence-electron chi connectivity index (χ1n) is 5.55. The zero-order valence-corrected chi connectivity index (χ0v) is 10.5. The van der Waals surface area contributed by atoms with Gasteiger partial charge in [0.2, 0.25) is 5.88 Å². The van der Waals surface area contributed by atoms with Gasteiger partial charge in [0, 0.05) is 26.8 Å². The van der Waals surface area contributed by atoms with Crippen LogP contribution in [0.25, 0.3) is 0 Å². The highest BCUT2D eigenvalue weighted by molar-refractivity contribution is 5.37. The predicted octanol–water partition coefficient (Wildman–Crippen LogP) is 1.08. The van der Waals surface area contributed by atoms with Gasteiger partial charge in [0.15, 0.2) is 5.82 Å². The lowest BCUT2D eigenvalue weighted by molar-refractivity contribution is 0.125. The Balaban J connectivity index is 2.67. The number of anilines is 1. The van der Waals surface area contributed by atoms with Crippen molar-refractivity contribution in [3.63, 3.8) is 0 Å². The predicted molar refractivity (Wildman–Crippen MR) is 64.3 cm³/mol. The van der Waals surface area contributed by atoms with Crippen LogP contribution in [0.4, 0.5) is 5.82 Å². The van der Waals surface area contributed by atoms with Gasteiger partial charge in [-0.15, -0.1) is 0 Å². The SMILES string of the molecule is CCOCc1nc(NC)cc(OCCOC)n1. The van der Waals surface area contributed by atoms with Crippen LogP contribution in [0.1, 0.15) is 12.7 Å². The van der Waals surface area contributed by atoms with Crippen LogP contribution >= 0.6 is 0 Å². The summed E-state index contributed by atoms with van der Waals surface area (Å²) >= 11 is 0. The number of nitrogens with zero attached hydrogens (tertiary/aromatic N) is 2. The van der Waals surface area contributed by atoms with E-state index < -0.39 is 0 Å². The molecule has 1 aromatic heterocycles. The second kappa shape index (κ2) is 7.81. The maximum absolute atomic E-state index is 5.44. The second-order valence-corrected chi connectivity index (χ2v) is 3.24. The first kappa shape index (κ1) is 13.7. The Bertz CT molecular complexity index is 334. The molecule has 0 atom stereocenters. The third kappa shape index (κ3) is 4.97. The average molecular weight is 241 g/mol. The van der Waals surface area contributed by atoms with Crippen molar-refractivity contribution in [3.8, 4) is 5.88 Å². The van der Waals surface area contributed by atoms with Crippen molar-refractivity contribution in [3.05, 3.63) is 11.9 Å². The minimum absolute atomic E-state index is 0.382. The molecule has 0 saturated heterocycles. The van der Waals surface area contributed by atoms with Crippen LogP contribution in [0.3, 0.4) is 0 Å². The fraction of sp³-hybridized carbons (Fsp3) is 0.636. The minimum Gasteiger partial charge on any atom is -0.475 e. The van der Waals surface area contributed by atoms with Gasteiger partial charge >= 0.3 is 0 Å². The molecule has 6 nitrogen and oxygen atoms in total. The summed E-state index contributed by atoms with van der Waals surface area (Å²) in [5, 5.41) is 2.96. The van der Waals surface area contributed by atoms with E-state index in [0.29, 0.717) is 43.9 Å². The molecule has 0 aliphatic carbocycles. The Labute approximate surface area is 101 Å². The highest BCUT2D eigenvalue weighted by atomic mass is 16.5. The molecule has 1 rings (SSSR count). The molecule has 0 fully saturated rings. The Kier molecular flexibility index (Phi) is 6.27. The van der Waals surface area contributed by atoms with Crippen LogP contribution in [-0.4, -0.2) is 43.9 Å². The van der Waals surface area contributed by atoms with E-state index in [-0.39, 0.29) is 0 Å². The van der Waals surface area contributed by atoms with E-state index in [2.05, 4.69) is 15.3 Å². The second-order valence-electron chi connectivity index (χ2n) is 3.24. The number of hydrogen-bond donors (Lipinski definition) is 1. The molecular weight excluding hydrogens is 222 g/mol. The molecule has 1 N–H and O–H groups in total. The fourth-order valence-electron chi connectivity index (χ4n) is 1.16. The molecule has 96 valence electrons. The molecule has 0 aliphatic rings. The van der Waals surface area contributed by atoms with Crippen LogP contribution in [-0.2, 0) is 16.1 Å². The van der Waals surface area contributed by atoms with E-state index in [1.165, 1.54) is 0 Å². The monoisotopic (exact) mass is 241 g/mol. The number of aromatic nitrogens is 2. The van der Waals surface area contributed by atoms with Crippen LogP contribution in [0, 0.1) is 0 Å². The van der Waals surface area contributed by atoms with Crippen molar-refractivity contribution in [2.45, 2.75) is 13.5 Å². The Hall–Kier alpha value is -1.40. The average Bonchev–Trinajstić information content (AvgIpc) is 2.36. The van der Waals surface area contributed by atoms with Crippen molar-refractivity contribution in [2.24, 2.45) is 0 Å². The molecule has 6 heteroatoms. The molecular formula is C11H19N3O3. The molecule has 1 aromatic rings. The molecule has 0 aliphatic heterocycles. The molecule has 0 bridgehead atoms. The van der Waals surface area contributed by atoms with Gasteiger partial charge < -0.3 is 19.5 Å². The smallest absolute Gasteiger partial charge is 0.218 e. The standard InChI is InChI=1S/C11H19N3O3/c1-4-16-8-10-13-9(12-2)7-11(14-10)17-6-5-15-3/h7H,4-6,8H2,1-3H3,(H,12,13,14). The van der Waals surface area contributed by atoms with Crippen molar-refractivity contribution in [1.82, 2.24) is 9.97 Å². The Morgan fingerprint density at radius 2 is 2.12 bits per heavy atom. The number of nitrogens with one attached hydrogen (secondary N) is 1. The Morgan fingerprint density at radius 1 is 1.29 bits per heavy atom. The van der Waals surface area contributed by atoms with Crippen molar-refractivity contribution < 1.29 is 14.2 Å². The van der Waals surface area contributed by atoms with Crippen molar-refractivity contribution in [2.75, 3.05) is 39.3 Å². The van der Waals surface area contributed by atoms with Gasteiger partial charge in [0.25, 0.3) is 0 Å². The highest BCUT2D eigenvalue weighted by Gasteiger charge is 2.04. The van der Waals surface area contributed by atoms with Crippen LogP contribution in [0.2, 0.25) is 0 Å². The maximum atomic E-state index is 5.44. The van der Waals surface area contributed by atoms with Gasteiger partial charge in [-0.2, -0.15) is 4.98 Å². The quantitative estimate of drug-likeness (QED) is 0.687. The van der Waals surface area contributed by atoms with Gasteiger partial charge in [0.05, 0.1) is 6.61 Å². The van der Waals surface area contributed by atoms with Crippen molar-refractivity contribution in [1.29, 1.82) is 0 Å². The molecule has 1 heterocycles. The number of methoxy groups -OCH3 is 1. The minimum atomic E-state index is 0.382. The van der Waals surface area contributed by atoms with Gasteiger partial charge in [-0.1, -0.05) is 0 Å². The first-order valence-corrected chi connectivity index (χ1v) is 5.55. The summed E-state index contributed by atoms with van der Waals surface area (Å²) in [4.78, 5) is 8.50. The van der Waals surface area contributed by atoms with E-state index in [4.69, 9.17) is 14.2 Å². The number of rotatable bonds is 8. The molecule has 17 heavy (non-hydrogen) atoms. The van der Waals surface area contributed by atoms with Crippen LogP contribution in [0.15, 0.2) is 6.07 Å². The zero-order valence-electron chi connectivity index (χ0n) is 10.5. The lowest BCUT2D eigenvalue weighted by atomic mass is 10.5. The maximum Gasteiger partial charge on any atom is 0.218 e. The third-order valence-corrected chi connectivity index (χ3v) is 1.98. The normalized spacial score (nSPS) is 10.3. The summed E-state index contributed by atoms with van der Waals surface area (Å²) in [5.41, 5.74) is 0. The van der Waals surface area contributed by atoms with Gasteiger partial charge in [0.1, 0.15) is 19.0 Å². The lowest BCUT2D eigenvalue weighted by Gasteiger charge is -2.09. The summed E-state index contributed by atoms with van der Waals surface area (Å²) in [7, 11) is 3.43. The first-order chi connectivity index (χ1) is 8.30. The van der Waals surface area contributed by atoms with E-state index in [0.717, 1.165) is 0 Å². The van der Waals surface area contributed by atoms with Crippen molar-refractivity contribution >= 4 is 5.82 Å². The summed E-state index contributed by atoms with van der Waals surface area (Å²) < 4.78 is 15.6. The van der Waals surface area contributed by atoms with Crippen LogP contribution < -0.4 is 10.1 Å². The molecule has 0 amide bonds. The third-order valence-electron chi connectivity index (χ3n) is 1.98. The summed E-state index contributed by atoms with van der Waals surface area (Å²) in [6.45, 7) is 3.93. The molecule has 0 saturated carbocycles. The van der Waals surface area contributed by atoms with Gasteiger partial charge in [-0.3, -0.25) is 0 Å². The summed E-state index contributed by atoms with van der Waals surface area (Å²) in [6, 6.07) is 1.74. The molecule has 0 spiro atoms. The van der Waals surface area contributed by atoms with E-state index in [1.54, 1.807) is 20.2 Å². The zero-order chi connectivity index (χ0) is 12.5. The van der Waals surface area contributed by atoms with E-state index >= 15 is 0 Å². The van der Waals surface area contributed by atoms with Gasteiger partial charge in [-0.25, -0.2) is 4.98 Å². The van der Waals surface area contributed by atoms with E-state index in [1.807, 2.05) is 6.92 Å². The summed E-state index contributed by atoms with van der Waals surface area (Å²) in [5.74, 6) is 1.84. The lowest BCUT2D eigenvalue weighted by Crippen LogP contribution is -2.09. The molecule has 0 aromatic carbocycles. The Morgan fingerprint density at radius 3 is 2.76 bits per heavy atom.